The second-order valence-corrected chi connectivity index (χ2v) is 10.0. The van der Waals surface area contributed by atoms with Crippen molar-refractivity contribution >= 4 is 27.0 Å². The number of nitrogens with one attached hydrogen (secondary N) is 1. The van der Waals surface area contributed by atoms with Gasteiger partial charge >= 0.3 is 0 Å². The highest BCUT2D eigenvalue weighted by molar-refractivity contribution is 7.89. The molecule has 1 N–H and O–H groups in total. The lowest BCUT2D eigenvalue weighted by molar-refractivity contribution is 0.0730. The number of fused-ring (bicyclic) bond motifs is 1. The minimum Gasteiger partial charge on any atom is -0.379 e. The summed E-state index contributed by atoms with van der Waals surface area (Å²) in [5.74, 6) is -0.515. The number of aromatic nitrogens is 3. The van der Waals surface area contributed by atoms with E-state index in [0.29, 0.717) is 48.6 Å². The van der Waals surface area contributed by atoms with Crippen molar-refractivity contribution in [3.63, 3.8) is 0 Å². The van der Waals surface area contributed by atoms with E-state index in [1.807, 2.05) is 44.2 Å². The summed E-state index contributed by atoms with van der Waals surface area (Å²) in [5, 5.41) is 7.81. The molecule has 1 amide bonds. The number of pyridine rings is 1. The lowest BCUT2D eigenvalue weighted by Gasteiger charge is -2.26. The largest absolute Gasteiger partial charge is 0.379 e. The number of benzene rings is 1. The van der Waals surface area contributed by atoms with Gasteiger partial charge in [0.2, 0.25) is 10.0 Å². The summed E-state index contributed by atoms with van der Waals surface area (Å²) < 4.78 is 33.5. The maximum atomic E-state index is 13.1. The van der Waals surface area contributed by atoms with Gasteiger partial charge in [-0.05, 0) is 19.9 Å². The molecule has 170 valence electrons. The standard InChI is InChI=1S/C22H27N5O4S/c1-16(2)27-21-19(15-24-27)18(14-20(25-21)17-6-4-3-5-7-17)22(28)23-8-13-32(29,30)26-9-11-31-12-10-26/h3-7,14-16H,8-13H2,1-2H3,(H,23,28). The van der Waals surface area contributed by atoms with E-state index in [1.54, 1.807) is 16.9 Å². The van der Waals surface area contributed by atoms with Crippen LogP contribution < -0.4 is 5.32 Å². The molecule has 0 atom stereocenters. The van der Waals surface area contributed by atoms with E-state index in [4.69, 9.17) is 9.72 Å². The van der Waals surface area contributed by atoms with Crippen LogP contribution in [-0.2, 0) is 14.8 Å². The molecule has 0 saturated carbocycles. The van der Waals surface area contributed by atoms with Crippen molar-refractivity contribution in [2.75, 3.05) is 38.6 Å². The van der Waals surface area contributed by atoms with E-state index < -0.39 is 10.0 Å². The zero-order valence-electron chi connectivity index (χ0n) is 18.2. The first-order valence-electron chi connectivity index (χ1n) is 10.6. The molecule has 2 aromatic heterocycles. The number of amides is 1. The predicted molar refractivity (Wildman–Crippen MR) is 122 cm³/mol. The Balaban J connectivity index is 1.59. The van der Waals surface area contributed by atoms with Crippen molar-refractivity contribution in [3.05, 3.63) is 48.2 Å². The van der Waals surface area contributed by atoms with Gasteiger partial charge in [-0.2, -0.15) is 9.40 Å². The molecular weight excluding hydrogens is 430 g/mol. The Hall–Kier alpha value is -2.82. The number of hydrogen-bond acceptors (Lipinski definition) is 6. The molecule has 32 heavy (non-hydrogen) atoms. The molecular formula is C22H27N5O4S. The molecule has 1 aromatic carbocycles. The molecule has 10 heteroatoms. The average molecular weight is 458 g/mol. The van der Waals surface area contributed by atoms with Crippen LogP contribution in [0.1, 0.15) is 30.2 Å². The molecule has 1 aliphatic heterocycles. The fourth-order valence-corrected chi connectivity index (χ4v) is 5.01. The van der Waals surface area contributed by atoms with Gasteiger partial charge < -0.3 is 10.1 Å². The Morgan fingerprint density at radius 2 is 1.91 bits per heavy atom. The fourth-order valence-electron chi connectivity index (χ4n) is 3.68. The first-order valence-corrected chi connectivity index (χ1v) is 12.2. The molecule has 0 unspecified atom stereocenters. The zero-order chi connectivity index (χ0) is 22.7. The number of hydrogen-bond donors (Lipinski definition) is 1. The molecule has 1 fully saturated rings. The van der Waals surface area contributed by atoms with E-state index in [1.165, 1.54) is 4.31 Å². The molecule has 3 aromatic rings. The third-order valence-electron chi connectivity index (χ3n) is 5.38. The number of nitrogens with zero attached hydrogens (tertiary/aromatic N) is 4. The van der Waals surface area contributed by atoms with Crippen LogP contribution in [-0.4, -0.2) is 72.0 Å². The van der Waals surface area contributed by atoms with Crippen LogP contribution in [0.25, 0.3) is 22.3 Å². The van der Waals surface area contributed by atoms with Crippen molar-refractivity contribution < 1.29 is 17.9 Å². The number of carbonyl (C=O) groups excluding carboxylic acids is 1. The van der Waals surface area contributed by atoms with Crippen LogP contribution in [0, 0.1) is 0 Å². The summed E-state index contributed by atoms with van der Waals surface area (Å²) >= 11 is 0. The van der Waals surface area contributed by atoms with Crippen molar-refractivity contribution in [1.82, 2.24) is 24.4 Å². The summed E-state index contributed by atoms with van der Waals surface area (Å²) in [7, 11) is -3.45. The molecule has 1 aliphatic rings. The Morgan fingerprint density at radius 3 is 2.59 bits per heavy atom. The van der Waals surface area contributed by atoms with Crippen LogP contribution >= 0.6 is 0 Å². The number of sulfonamides is 1. The third-order valence-corrected chi connectivity index (χ3v) is 7.25. The second-order valence-electron chi connectivity index (χ2n) is 7.92. The van der Waals surface area contributed by atoms with Gasteiger partial charge in [-0.25, -0.2) is 18.1 Å². The van der Waals surface area contributed by atoms with Crippen molar-refractivity contribution in [3.8, 4) is 11.3 Å². The minimum absolute atomic E-state index is 0.0152. The van der Waals surface area contributed by atoms with E-state index in [9.17, 15) is 13.2 Å². The SMILES string of the molecule is CC(C)n1ncc2c(C(=O)NCCS(=O)(=O)N3CCOCC3)cc(-c3ccccc3)nc21. The van der Waals surface area contributed by atoms with Crippen LogP contribution in [0.4, 0.5) is 0 Å². The van der Waals surface area contributed by atoms with Gasteiger partial charge in [0.05, 0.1) is 41.8 Å². The van der Waals surface area contributed by atoms with Crippen LogP contribution in [0.5, 0.6) is 0 Å². The number of carbonyl (C=O) groups is 1. The second kappa shape index (κ2) is 9.35. The maximum Gasteiger partial charge on any atom is 0.252 e. The monoisotopic (exact) mass is 457 g/mol. The van der Waals surface area contributed by atoms with Crippen molar-refractivity contribution in [2.24, 2.45) is 0 Å². The predicted octanol–water partition coefficient (Wildman–Crippen LogP) is 2.07. The van der Waals surface area contributed by atoms with Crippen molar-refractivity contribution in [1.29, 1.82) is 0 Å². The molecule has 9 nitrogen and oxygen atoms in total. The van der Waals surface area contributed by atoms with Gasteiger partial charge in [-0.3, -0.25) is 4.79 Å². The summed E-state index contributed by atoms with van der Waals surface area (Å²) in [5.41, 5.74) is 2.58. The zero-order valence-corrected chi connectivity index (χ0v) is 19.0. The highest BCUT2D eigenvalue weighted by Crippen LogP contribution is 2.26. The normalized spacial score (nSPS) is 15.3. The smallest absolute Gasteiger partial charge is 0.252 e. The third kappa shape index (κ3) is 4.67. The van der Waals surface area contributed by atoms with E-state index >= 15 is 0 Å². The highest BCUT2D eigenvalue weighted by Gasteiger charge is 2.24. The maximum absolute atomic E-state index is 13.1. The lowest BCUT2D eigenvalue weighted by atomic mass is 10.1. The van der Waals surface area contributed by atoms with Gasteiger partial charge in [0.25, 0.3) is 5.91 Å². The summed E-state index contributed by atoms with van der Waals surface area (Å²) in [6, 6.07) is 11.4. The van der Waals surface area contributed by atoms with Crippen LogP contribution in [0.2, 0.25) is 0 Å². The highest BCUT2D eigenvalue weighted by atomic mass is 32.2. The molecule has 4 rings (SSSR count). The minimum atomic E-state index is -3.45. The number of ether oxygens (including phenoxy) is 1. The topological polar surface area (TPSA) is 106 Å². The summed E-state index contributed by atoms with van der Waals surface area (Å²) in [6.45, 7) is 5.48. The quantitative estimate of drug-likeness (QED) is 0.582. The Labute approximate surface area is 187 Å². The van der Waals surface area contributed by atoms with E-state index in [2.05, 4.69) is 10.4 Å². The molecule has 0 aliphatic carbocycles. The molecule has 0 bridgehead atoms. The van der Waals surface area contributed by atoms with Gasteiger partial charge in [0.15, 0.2) is 5.65 Å². The van der Waals surface area contributed by atoms with Crippen LogP contribution in [0.15, 0.2) is 42.6 Å². The summed E-state index contributed by atoms with van der Waals surface area (Å²) in [4.78, 5) is 17.8. The van der Waals surface area contributed by atoms with E-state index in [-0.39, 0.29) is 24.2 Å². The number of rotatable bonds is 7. The average Bonchev–Trinajstić information content (AvgIpc) is 3.24. The van der Waals surface area contributed by atoms with Crippen molar-refractivity contribution in [2.45, 2.75) is 19.9 Å². The fraction of sp³-hybridized carbons (Fsp3) is 0.409. The van der Waals surface area contributed by atoms with E-state index in [0.717, 1.165) is 5.56 Å². The molecule has 0 radical (unpaired) electrons. The molecule has 1 saturated heterocycles. The first-order chi connectivity index (χ1) is 15.4. The van der Waals surface area contributed by atoms with Gasteiger partial charge in [-0.15, -0.1) is 0 Å². The van der Waals surface area contributed by atoms with Crippen LogP contribution in [0.3, 0.4) is 0 Å². The van der Waals surface area contributed by atoms with Gasteiger partial charge in [-0.1, -0.05) is 30.3 Å². The number of morpholine rings is 1. The van der Waals surface area contributed by atoms with Gasteiger partial charge in [0, 0.05) is 31.2 Å². The molecule has 0 spiro atoms. The Kier molecular flexibility index (Phi) is 6.54. The summed E-state index contributed by atoms with van der Waals surface area (Å²) in [6.07, 6.45) is 1.64. The van der Waals surface area contributed by atoms with Gasteiger partial charge in [0.1, 0.15) is 0 Å². The Morgan fingerprint density at radius 1 is 1.19 bits per heavy atom. The lowest BCUT2D eigenvalue weighted by Crippen LogP contribution is -2.43. The first kappa shape index (κ1) is 22.4. The molecule has 3 heterocycles. The Bertz CT molecular complexity index is 1200.